The summed E-state index contributed by atoms with van der Waals surface area (Å²) < 4.78 is 27.1. The van der Waals surface area contributed by atoms with Crippen molar-refractivity contribution >= 4 is 0 Å². The lowest BCUT2D eigenvalue weighted by molar-refractivity contribution is -0.197. The fourth-order valence-electron chi connectivity index (χ4n) is 1.82. The monoisotopic (exact) mass is 277 g/mol. The van der Waals surface area contributed by atoms with Crippen LogP contribution < -0.4 is 11.2 Å². The summed E-state index contributed by atoms with van der Waals surface area (Å²) in [4.78, 5) is 24.3. The van der Waals surface area contributed by atoms with Crippen LogP contribution in [0.25, 0.3) is 0 Å². The molecule has 1 fully saturated rings. The number of aromatic nitrogens is 2. The van der Waals surface area contributed by atoms with Gasteiger partial charge in [-0.2, -0.15) is 0 Å². The number of nitrogens with zero attached hydrogens (tertiary/aromatic N) is 1. The van der Waals surface area contributed by atoms with Crippen LogP contribution in [0.2, 0.25) is 0 Å². The molecule has 4 N–H and O–H groups in total. The molecule has 9 heteroatoms. The Morgan fingerprint density at radius 3 is 2.79 bits per heavy atom. The SMILES string of the molecule is [2H][C@@]1(O)[C@@H](C(C)O)O[C@@H](n2ccc(=O)[nH]c2=O)[C@@]1(O)F. The minimum Gasteiger partial charge on any atom is -0.391 e. The zero-order valence-corrected chi connectivity index (χ0v) is 9.78. The van der Waals surface area contributed by atoms with E-state index in [1.54, 1.807) is 0 Å². The molecule has 19 heavy (non-hydrogen) atoms. The van der Waals surface area contributed by atoms with Crippen LogP contribution in [0.3, 0.4) is 0 Å². The third-order valence-electron chi connectivity index (χ3n) is 2.77. The summed E-state index contributed by atoms with van der Waals surface area (Å²) in [5, 5.41) is 28.7. The Hall–Kier alpha value is -1.55. The molecule has 2 rings (SSSR count). The van der Waals surface area contributed by atoms with Crippen molar-refractivity contribution in [2.24, 2.45) is 0 Å². The van der Waals surface area contributed by atoms with E-state index in [4.69, 9.17) is 6.11 Å². The van der Waals surface area contributed by atoms with Crippen molar-refractivity contribution in [3.8, 4) is 0 Å². The molecule has 1 saturated heterocycles. The molecule has 1 aromatic heterocycles. The molecule has 106 valence electrons. The van der Waals surface area contributed by atoms with Gasteiger partial charge in [0.1, 0.15) is 12.2 Å². The van der Waals surface area contributed by atoms with Gasteiger partial charge in [0, 0.05) is 12.3 Å². The summed E-state index contributed by atoms with van der Waals surface area (Å²) in [6, 6.07) is 0.875. The van der Waals surface area contributed by atoms with Crippen molar-refractivity contribution in [2.75, 3.05) is 0 Å². The number of nitrogens with one attached hydrogen (secondary N) is 1. The molecule has 1 unspecified atom stereocenters. The van der Waals surface area contributed by atoms with E-state index < -0.39 is 41.6 Å². The number of aliphatic hydroxyl groups excluding tert-OH is 1. The van der Waals surface area contributed by atoms with Crippen molar-refractivity contribution in [2.45, 2.75) is 37.3 Å². The Kier molecular flexibility index (Phi) is 2.97. The number of rotatable bonds is 2. The van der Waals surface area contributed by atoms with Crippen LogP contribution in [0.1, 0.15) is 14.5 Å². The maximum Gasteiger partial charge on any atom is 0.330 e. The minimum absolute atomic E-state index is 0.475. The van der Waals surface area contributed by atoms with Gasteiger partial charge in [0.05, 0.1) is 7.47 Å². The molecule has 0 saturated carbocycles. The first-order valence-corrected chi connectivity index (χ1v) is 5.37. The lowest BCUT2D eigenvalue weighted by atomic mass is 10.0. The molecule has 0 aromatic carbocycles. The highest BCUT2D eigenvalue weighted by Gasteiger charge is 2.58. The van der Waals surface area contributed by atoms with E-state index in [1.807, 2.05) is 4.98 Å². The molecule has 1 aliphatic rings. The molecule has 0 radical (unpaired) electrons. The number of H-pyrrole nitrogens is 1. The molecule has 8 nitrogen and oxygen atoms in total. The zero-order valence-electron chi connectivity index (χ0n) is 10.8. The Labute approximate surface area is 107 Å². The van der Waals surface area contributed by atoms with Crippen molar-refractivity contribution in [1.82, 2.24) is 9.55 Å². The first kappa shape index (κ1) is 12.5. The Morgan fingerprint density at radius 1 is 1.68 bits per heavy atom. The van der Waals surface area contributed by atoms with E-state index in [1.165, 1.54) is 0 Å². The maximum atomic E-state index is 14.3. The highest BCUT2D eigenvalue weighted by molar-refractivity contribution is 4.99. The van der Waals surface area contributed by atoms with E-state index in [2.05, 4.69) is 0 Å². The smallest absolute Gasteiger partial charge is 0.330 e. The molecule has 0 spiro atoms. The quantitative estimate of drug-likeness (QED) is 0.488. The summed E-state index contributed by atoms with van der Waals surface area (Å²) in [6.07, 6.45) is -7.71. The van der Waals surface area contributed by atoms with Gasteiger partial charge in [0.2, 0.25) is 0 Å². The normalized spacial score (nSPS) is 41.0. The summed E-state index contributed by atoms with van der Waals surface area (Å²) in [6.45, 7) is 1.12. The second-order valence-electron chi connectivity index (χ2n) is 4.23. The number of hydrogen-bond donors (Lipinski definition) is 4. The fraction of sp³-hybridized carbons (Fsp3) is 0.600. The highest BCUT2D eigenvalue weighted by atomic mass is 19.2. The first-order chi connectivity index (χ1) is 9.09. The first-order valence-electron chi connectivity index (χ1n) is 5.87. The number of alkyl halides is 1. The van der Waals surface area contributed by atoms with Gasteiger partial charge in [-0.1, -0.05) is 0 Å². The molecule has 0 amide bonds. The van der Waals surface area contributed by atoms with Gasteiger partial charge in [-0.05, 0) is 6.92 Å². The maximum absolute atomic E-state index is 14.3. The van der Waals surface area contributed by atoms with Crippen molar-refractivity contribution < 1.29 is 25.8 Å². The van der Waals surface area contributed by atoms with Crippen LogP contribution in [-0.2, 0) is 4.74 Å². The largest absolute Gasteiger partial charge is 0.391 e. The average molecular weight is 277 g/mol. The Balaban J connectivity index is 2.53. The van der Waals surface area contributed by atoms with Gasteiger partial charge in [0.25, 0.3) is 11.4 Å². The number of ether oxygens (including phenoxy) is 1. The van der Waals surface area contributed by atoms with E-state index in [9.17, 15) is 29.3 Å². The predicted octanol–water partition coefficient (Wildman–Crippen LogP) is -2.17. The highest BCUT2D eigenvalue weighted by Crippen LogP contribution is 2.39. The molecular formula is C10H13FN2O6. The Bertz CT molecular complexity index is 625. The number of hydrogen-bond acceptors (Lipinski definition) is 6. The second-order valence-corrected chi connectivity index (χ2v) is 4.23. The lowest BCUT2D eigenvalue weighted by Crippen LogP contribution is -2.46. The fourth-order valence-corrected chi connectivity index (χ4v) is 1.82. The number of aromatic amines is 1. The summed E-state index contributed by atoms with van der Waals surface area (Å²) in [5.74, 6) is -3.67. The van der Waals surface area contributed by atoms with Gasteiger partial charge < -0.3 is 20.1 Å². The van der Waals surface area contributed by atoms with Crippen LogP contribution in [0, 0.1) is 0 Å². The van der Waals surface area contributed by atoms with Crippen LogP contribution >= 0.6 is 0 Å². The molecule has 1 aromatic rings. The van der Waals surface area contributed by atoms with Crippen molar-refractivity contribution in [3.63, 3.8) is 0 Å². The van der Waals surface area contributed by atoms with Crippen molar-refractivity contribution in [3.05, 3.63) is 33.1 Å². The molecular weight excluding hydrogens is 263 g/mol. The number of aliphatic hydroxyl groups is 3. The van der Waals surface area contributed by atoms with E-state index in [0.29, 0.717) is 4.57 Å². The summed E-state index contributed by atoms with van der Waals surface area (Å²) >= 11 is 0. The standard InChI is InChI=1S/C10H13FN2O6/c1-4(14)6-7(16)10(11,18)8(19-6)13-3-2-5(15)12-9(13)17/h2-4,6-8,14,16,18H,1H3,(H,12,15,17)/t4?,6-,7-,8-,10-/m1/s1/i7D. The van der Waals surface area contributed by atoms with Crippen LogP contribution in [0.15, 0.2) is 21.9 Å². The average Bonchev–Trinajstić information content (AvgIpc) is 2.47. The van der Waals surface area contributed by atoms with Gasteiger partial charge in [0.15, 0.2) is 6.23 Å². The van der Waals surface area contributed by atoms with Crippen LogP contribution in [-0.4, -0.2) is 49.0 Å². The Morgan fingerprint density at radius 2 is 2.32 bits per heavy atom. The molecule has 5 atom stereocenters. The third-order valence-corrected chi connectivity index (χ3v) is 2.77. The summed E-state index contributed by atoms with van der Waals surface area (Å²) in [5.41, 5.74) is -1.85. The minimum atomic E-state index is -3.67. The topological polar surface area (TPSA) is 125 Å². The lowest BCUT2D eigenvalue weighted by Gasteiger charge is -2.23. The van der Waals surface area contributed by atoms with Crippen molar-refractivity contribution in [1.29, 1.82) is 0 Å². The molecule has 0 bridgehead atoms. The second kappa shape index (κ2) is 4.53. The van der Waals surface area contributed by atoms with Gasteiger partial charge in [-0.25, -0.2) is 9.18 Å². The van der Waals surface area contributed by atoms with Gasteiger partial charge in [-0.15, -0.1) is 0 Å². The zero-order chi connectivity index (χ0) is 15.3. The van der Waals surface area contributed by atoms with Gasteiger partial charge in [-0.3, -0.25) is 14.3 Å². The van der Waals surface area contributed by atoms with Crippen LogP contribution in [0.5, 0.6) is 0 Å². The van der Waals surface area contributed by atoms with E-state index in [-0.39, 0.29) is 0 Å². The van der Waals surface area contributed by atoms with Gasteiger partial charge >= 0.3 is 5.69 Å². The predicted molar refractivity (Wildman–Crippen MR) is 59.0 cm³/mol. The summed E-state index contributed by atoms with van der Waals surface area (Å²) in [7, 11) is 0. The number of halogens is 1. The van der Waals surface area contributed by atoms with Crippen LogP contribution in [0.4, 0.5) is 4.39 Å². The molecule has 1 aliphatic heterocycles. The molecule has 0 aliphatic carbocycles. The molecule has 2 heterocycles. The third kappa shape index (κ3) is 2.21. The van der Waals surface area contributed by atoms with E-state index >= 15 is 0 Å². The van der Waals surface area contributed by atoms with E-state index in [0.717, 1.165) is 19.2 Å².